The summed E-state index contributed by atoms with van der Waals surface area (Å²) in [6, 6.07) is 10.5. The molecule has 0 heterocycles. The van der Waals surface area contributed by atoms with Crippen LogP contribution in [0.2, 0.25) is 0 Å². The van der Waals surface area contributed by atoms with Crippen molar-refractivity contribution >= 4 is 0 Å². The van der Waals surface area contributed by atoms with Crippen molar-refractivity contribution in [1.82, 2.24) is 0 Å². The summed E-state index contributed by atoms with van der Waals surface area (Å²) in [6.07, 6.45) is 0.199. The van der Waals surface area contributed by atoms with Gasteiger partial charge >= 0.3 is 0 Å². The zero-order chi connectivity index (χ0) is 11.3. The molecular weight excluding hydrogens is 222 g/mol. The van der Waals surface area contributed by atoms with E-state index in [4.69, 9.17) is 4.74 Å². The number of ether oxygens (including phenoxy) is 1. The van der Waals surface area contributed by atoms with Crippen LogP contribution in [0.1, 0.15) is 33.3 Å². The number of quaternary nitrogens is 1. The van der Waals surface area contributed by atoms with Gasteiger partial charge in [0, 0.05) is 12.5 Å². The molecule has 0 saturated carbocycles. The minimum absolute atomic E-state index is 0. The van der Waals surface area contributed by atoms with E-state index in [1.165, 1.54) is 5.56 Å². The molecule has 1 unspecified atom stereocenters. The van der Waals surface area contributed by atoms with Gasteiger partial charge in [0.15, 0.2) is 6.23 Å². The highest BCUT2D eigenvalue weighted by Gasteiger charge is 2.26. The molecule has 0 aliphatic heterocycles. The largest absolute Gasteiger partial charge is 1.00 e. The third-order valence-electron chi connectivity index (χ3n) is 2.60. The monoisotopic (exact) mass is 243 g/mol. The highest BCUT2D eigenvalue weighted by Crippen LogP contribution is 2.14. The molecule has 0 aromatic heterocycles. The third-order valence-corrected chi connectivity index (χ3v) is 2.60. The van der Waals surface area contributed by atoms with Gasteiger partial charge in [-0.05, 0) is 20.8 Å². The SMILES string of the molecule is CCOC(C)[NH2+]C(C)(C)c1ccccc1.[Cl-]. The summed E-state index contributed by atoms with van der Waals surface area (Å²) in [5.74, 6) is 0. The maximum atomic E-state index is 5.54. The fourth-order valence-corrected chi connectivity index (χ4v) is 1.86. The van der Waals surface area contributed by atoms with Crippen LogP contribution in [0.3, 0.4) is 0 Å². The van der Waals surface area contributed by atoms with Crippen LogP contribution >= 0.6 is 0 Å². The predicted octanol–water partition coefficient (Wildman–Crippen LogP) is -1.13. The Morgan fingerprint density at radius 2 is 1.81 bits per heavy atom. The summed E-state index contributed by atoms with van der Waals surface area (Å²) >= 11 is 0. The molecule has 0 fully saturated rings. The maximum absolute atomic E-state index is 5.54. The summed E-state index contributed by atoms with van der Waals surface area (Å²) in [4.78, 5) is 0. The lowest BCUT2D eigenvalue weighted by Crippen LogP contribution is -3.00. The van der Waals surface area contributed by atoms with Crippen LogP contribution in [0, 0.1) is 0 Å². The van der Waals surface area contributed by atoms with E-state index in [1.807, 2.05) is 13.0 Å². The average Bonchev–Trinajstić information content (AvgIpc) is 2.18. The molecule has 3 heteroatoms. The van der Waals surface area contributed by atoms with E-state index in [-0.39, 0.29) is 24.2 Å². The standard InChI is InChI=1S/C13H21NO.ClH/c1-5-15-11(2)14-13(3,4)12-9-7-6-8-10-12;/h6-11,14H,5H2,1-4H3;1H. The molecule has 92 valence electrons. The Labute approximate surface area is 105 Å². The van der Waals surface area contributed by atoms with Crippen LogP contribution < -0.4 is 17.7 Å². The van der Waals surface area contributed by atoms with E-state index in [9.17, 15) is 0 Å². The molecule has 2 nitrogen and oxygen atoms in total. The first-order valence-corrected chi connectivity index (χ1v) is 5.59. The lowest BCUT2D eigenvalue weighted by atomic mass is 9.94. The lowest BCUT2D eigenvalue weighted by molar-refractivity contribution is -0.787. The van der Waals surface area contributed by atoms with E-state index in [1.54, 1.807) is 0 Å². The number of hydrogen-bond acceptors (Lipinski definition) is 1. The highest BCUT2D eigenvalue weighted by molar-refractivity contribution is 5.19. The molecule has 2 N–H and O–H groups in total. The maximum Gasteiger partial charge on any atom is 0.187 e. The second-order valence-corrected chi connectivity index (χ2v) is 4.41. The fourth-order valence-electron chi connectivity index (χ4n) is 1.86. The molecule has 0 bridgehead atoms. The van der Waals surface area contributed by atoms with Gasteiger partial charge in [-0.2, -0.15) is 0 Å². The topological polar surface area (TPSA) is 25.8 Å². The van der Waals surface area contributed by atoms with Gasteiger partial charge in [0.25, 0.3) is 0 Å². The van der Waals surface area contributed by atoms with Crippen LogP contribution in [0.4, 0.5) is 0 Å². The van der Waals surface area contributed by atoms with Crippen molar-refractivity contribution < 1.29 is 22.5 Å². The Bertz CT molecular complexity index is 287. The van der Waals surface area contributed by atoms with Crippen LogP contribution in [-0.2, 0) is 10.3 Å². The normalized spacial score (nSPS) is 13.0. The Morgan fingerprint density at radius 1 is 1.25 bits per heavy atom. The summed E-state index contributed by atoms with van der Waals surface area (Å²) in [6.45, 7) is 9.33. The summed E-state index contributed by atoms with van der Waals surface area (Å²) < 4.78 is 5.54. The van der Waals surface area contributed by atoms with Gasteiger partial charge in [-0.25, -0.2) is 0 Å². The quantitative estimate of drug-likeness (QED) is 0.651. The predicted molar refractivity (Wildman–Crippen MR) is 62.5 cm³/mol. The Hall–Kier alpha value is -0.570. The van der Waals surface area contributed by atoms with Crippen LogP contribution in [0.5, 0.6) is 0 Å². The first-order valence-electron chi connectivity index (χ1n) is 5.59. The van der Waals surface area contributed by atoms with Crippen LogP contribution in [-0.4, -0.2) is 12.8 Å². The van der Waals surface area contributed by atoms with E-state index < -0.39 is 0 Å². The molecule has 0 saturated heterocycles. The highest BCUT2D eigenvalue weighted by atomic mass is 35.5. The first kappa shape index (κ1) is 15.4. The first-order chi connectivity index (χ1) is 7.06. The van der Waals surface area contributed by atoms with Crippen molar-refractivity contribution in [3.63, 3.8) is 0 Å². The number of rotatable bonds is 5. The van der Waals surface area contributed by atoms with Crippen molar-refractivity contribution in [2.75, 3.05) is 6.61 Å². The van der Waals surface area contributed by atoms with E-state index >= 15 is 0 Å². The van der Waals surface area contributed by atoms with Crippen LogP contribution in [0.25, 0.3) is 0 Å². The van der Waals surface area contributed by atoms with Crippen LogP contribution in [0.15, 0.2) is 30.3 Å². The molecule has 0 aliphatic carbocycles. The van der Waals surface area contributed by atoms with Gasteiger partial charge in [0.05, 0.1) is 6.61 Å². The Morgan fingerprint density at radius 3 is 2.31 bits per heavy atom. The second-order valence-electron chi connectivity index (χ2n) is 4.41. The molecule has 0 amide bonds. The molecule has 0 aliphatic rings. The summed E-state index contributed by atoms with van der Waals surface area (Å²) in [7, 11) is 0. The lowest BCUT2D eigenvalue weighted by Gasteiger charge is -2.26. The number of halogens is 1. The van der Waals surface area contributed by atoms with Gasteiger partial charge in [-0.15, -0.1) is 0 Å². The molecule has 1 aromatic rings. The van der Waals surface area contributed by atoms with Crippen molar-refractivity contribution in [3.8, 4) is 0 Å². The van der Waals surface area contributed by atoms with E-state index in [0.717, 1.165) is 6.61 Å². The van der Waals surface area contributed by atoms with Gasteiger partial charge in [0.1, 0.15) is 5.54 Å². The molecule has 1 atom stereocenters. The number of nitrogens with two attached hydrogens (primary N) is 1. The zero-order valence-corrected chi connectivity index (χ0v) is 11.3. The fraction of sp³-hybridized carbons (Fsp3) is 0.538. The number of benzene rings is 1. The summed E-state index contributed by atoms with van der Waals surface area (Å²) in [5, 5.41) is 2.26. The minimum Gasteiger partial charge on any atom is -1.00 e. The molecule has 1 rings (SSSR count). The van der Waals surface area contributed by atoms with E-state index in [0.29, 0.717) is 0 Å². The van der Waals surface area contributed by atoms with E-state index in [2.05, 4.69) is 50.4 Å². The Balaban J connectivity index is 0.00000225. The Kier molecular flexibility index (Phi) is 6.65. The number of hydrogen-bond donors (Lipinski definition) is 1. The molecule has 0 spiro atoms. The van der Waals surface area contributed by atoms with Crippen molar-refractivity contribution in [1.29, 1.82) is 0 Å². The smallest absolute Gasteiger partial charge is 0.187 e. The van der Waals surface area contributed by atoms with Gasteiger partial charge < -0.3 is 22.5 Å². The summed E-state index contributed by atoms with van der Waals surface area (Å²) in [5.41, 5.74) is 1.40. The van der Waals surface area contributed by atoms with Gasteiger partial charge in [0.2, 0.25) is 0 Å². The van der Waals surface area contributed by atoms with Crippen molar-refractivity contribution in [2.45, 2.75) is 39.5 Å². The van der Waals surface area contributed by atoms with Crippen molar-refractivity contribution in [3.05, 3.63) is 35.9 Å². The zero-order valence-electron chi connectivity index (χ0n) is 10.5. The molecule has 1 aromatic carbocycles. The average molecular weight is 244 g/mol. The van der Waals surface area contributed by atoms with Gasteiger partial charge in [-0.3, -0.25) is 0 Å². The molecule has 0 radical (unpaired) electrons. The molecule has 16 heavy (non-hydrogen) atoms. The minimum atomic E-state index is 0. The second kappa shape index (κ2) is 6.89. The third kappa shape index (κ3) is 4.52. The molecular formula is C13H22ClNO. The van der Waals surface area contributed by atoms with Crippen molar-refractivity contribution in [2.24, 2.45) is 0 Å². The van der Waals surface area contributed by atoms with Gasteiger partial charge in [-0.1, -0.05) is 30.3 Å².